The van der Waals surface area contributed by atoms with E-state index in [1.807, 2.05) is 6.07 Å². The topological polar surface area (TPSA) is 34.4 Å². The van der Waals surface area contributed by atoms with E-state index < -0.39 is 0 Å². The first-order valence-corrected chi connectivity index (χ1v) is 7.78. The molecule has 0 spiro atoms. The molecule has 0 aliphatic heterocycles. The molecule has 1 aromatic carbocycles. The zero-order chi connectivity index (χ0) is 15.2. The number of rotatable bonds is 7. The fourth-order valence-electron chi connectivity index (χ4n) is 1.81. The molecule has 0 aliphatic carbocycles. The number of halogens is 3. The van der Waals surface area contributed by atoms with Crippen molar-refractivity contribution in [3.8, 4) is 5.75 Å². The Morgan fingerprint density at radius 2 is 1.90 bits per heavy atom. The molecule has 3 nitrogen and oxygen atoms in total. The smallest absolute Gasteiger partial charge is 0.146 e. The minimum absolute atomic E-state index is 0.286. The second kappa shape index (κ2) is 7.95. The number of furan rings is 1. The highest BCUT2D eigenvalue weighted by molar-refractivity contribution is 6.43. The van der Waals surface area contributed by atoms with Crippen LogP contribution < -0.4 is 10.1 Å². The number of nitrogens with one attached hydrogen (secondary N) is 1. The lowest BCUT2D eigenvalue weighted by Gasteiger charge is -2.09. The fraction of sp³-hybridized carbons (Fsp3) is 0.333. The first kappa shape index (κ1) is 16.5. The van der Waals surface area contributed by atoms with E-state index in [1.54, 1.807) is 18.4 Å². The van der Waals surface area contributed by atoms with E-state index in [0.717, 1.165) is 30.8 Å². The van der Waals surface area contributed by atoms with Gasteiger partial charge in [0.2, 0.25) is 0 Å². The van der Waals surface area contributed by atoms with Gasteiger partial charge in [-0.15, -0.1) is 0 Å². The maximum absolute atomic E-state index is 6.07. The molecule has 1 N–H and O–H groups in total. The number of ether oxygens (including phenoxy) is 1. The Hall–Kier alpha value is -0.870. The molecule has 21 heavy (non-hydrogen) atoms. The number of benzene rings is 1. The summed E-state index contributed by atoms with van der Waals surface area (Å²) >= 11 is 17.9. The molecular formula is C15H16Cl3NO2. The lowest BCUT2D eigenvalue weighted by Crippen LogP contribution is -2.14. The first-order chi connectivity index (χ1) is 10.1. The van der Waals surface area contributed by atoms with Crippen LogP contribution in [0.1, 0.15) is 24.7 Å². The van der Waals surface area contributed by atoms with E-state index in [2.05, 4.69) is 12.2 Å². The van der Waals surface area contributed by atoms with Crippen molar-refractivity contribution in [3.63, 3.8) is 0 Å². The second-order valence-corrected chi connectivity index (χ2v) is 5.75. The van der Waals surface area contributed by atoms with Crippen LogP contribution in [0.4, 0.5) is 0 Å². The van der Waals surface area contributed by atoms with Gasteiger partial charge >= 0.3 is 0 Å². The van der Waals surface area contributed by atoms with Gasteiger partial charge in [0.05, 0.1) is 21.3 Å². The SMILES string of the molecule is CCCNCc1ccoc1COc1cc(Cl)c(Cl)cc1Cl. The molecule has 0 bridgehead atoms. The Labute approximate surface area is 139 Å². The highest BCUT2D eigenvalue weighted by atomic mass is 35.5. The molecule has 0 saturated heterocycles. The summed E-state index contributed by atoms with van der Waals surface area (Å²) < 4.78 is 11.1. The van der Waals surface area contributed by atoms with Crippen LogP contribution in [0.2, 0.25) is 15.1 Å². The molecule has 0 fully saturated rings. The van der Waals surface area contributed by atoms with Gasteiger partial charge in [-0.2, -0.15) is 0 Å². The van der Waals surface area contributed by atoms with E-state index in [4.69, 9.17) is 44.0 Å². The molecule has 0 saturated carbocycles. The molecule has 2 rings (SSSR count). The zero-order valence-electron chi connectivity index (χ0n) is 11.6. The third-order valence-electron chi connectivity index (χ3n) is 2.91. The van der Waals surface area contributed by atoms with Crippen molar-refractivity contribution in [1.82, 2.24) is 5.32 Å². The Kier molecular flexibility index (Phi) is 6.24. The first-order valence-electron chi connectivity index (χ1n) is 6.65. The Balaban J connectivity index is 2.00. The summed E-state index contributed by atoms with van der Waals surface area (Å²) in [6.07, 6.45) is 2.74. The summed E-state index contributed by atoms with van der Waals surface area (Å²) in [5.41, 5.74) is 1.07. The third kappa shape index (κ3) is 4.55. The monoisotopic (exact) mass is 347 g/mol. The molecule has 0 aliphatic rings. The standard InChI is InChI=1S/C15H16Cl3NO2/c1-2-4-19-8-10-3-5-20-15(10)9-21-14-7-12(17)11(16)6-13(14)18/h3,5-7,19H,2,4,8-9H2,1H3. The van der Waals surface area contributed by atoms with Crippen LogP contribution in [0.15, 0.2) is 28.9 Å². The van der Waals surface area contributed by atoms with Crippen molar-refractivity contribution in [2.45, 2.75) is 26.5 Å². The highest BCUT2D eigenvalue weighted by Crippen LogP contribution is 2.34. The van der Waals surface area contributed by atoms with Crippen molar-refractivity contribution in [1.29, 1.82) is 0 Å². The van der Waals surface area contributed by atoms with Crippen molar-refractivity contribution < 1.29 is 9.15 Å². The highest BCUT2D eigenvalue weighted by Gasteiger charge is 2.10. The van der Waals surface area contributed by atoms with Crippen molar-refractivity contribution in [2.24, 2.45) is 0 Å². The largest absolute Gasteiger partial charge is 0.484 e. The average Bonchev–Trinajstić information content (AvgIpc) is 2.89. The van der Waals surface area contributed by atoms with Crippen LogP contribution in [-0.2, 0) is 13.2 Å². The molecule has 0 atom stereocenters. The Bertz CT molecular complexity index is 599. The predicted octanol–water partition coefficient (Wildman–Crippen LogP) is 5.32. The number of hydrogen-bond donors (Lipinski definition) is 1. The maximum Gasteiger partial charge on any atom is 0.146 e. The summed E-state index contributed by atoms with van der Waals surface area (Å²) in [5.74, 6) is 1.25. The van der Waals surface area contributed by atoms with E-state index in [-0.39, 0.29) is 6.61 Å². The molecule has 114 valence electrons. The van der Waals surface area contributed by atoms with Gasteiger partial charge in [0, 0.05) is 18.2 Å². The van der Waals surface area contributed by atoms with Gasteiger partial charge in [-0.1, -0.05) is 41.7 Å². The predicted molar refractivity (Wildman–Crippen MR) is 86.5 cm³/mol. The quantitative estimate of drug-likeness (QED) is 0.543. The molecular weight excluding hydrogens is 333 g/mol. The molecule has 1 heterocycles. The summed E-state index contributed by atoms with van der Waals surface area (Å²) in [7, 11) is 0. The minimum Gasteiger partial charge on any atom is -0.484 e. The molecule has 1 aromatic heterocycles. The fourth-order valence-corrected chi connectivity index (χ4v) is 2.40. The minimum atomic E-state index is 0.286. The number of hydrogen-bond acceptors (Lipinski definition) is 3. The molecule has 2 aromatic rings. The van der Waals surface area contributed by atoms with Crippen molar-refractivity contribution >= 4 is 34.8 Å². The molecule has 0 radical (unpaired) electrons. The van der Waals surface area contributed by atoms with Gasteiger partial charge in [0.15, 0.2) is 0 Å². The second-order valence-electron chi connectivity index (χ2n) is 4.53. The van der Waals surface area contributed by atoms with Gasteiger partial charge in [-0.3, -0.25) is 0 Å². The molecule has 6 heteroatoms. The van der Waals surface area contributed by atoms with Crippen molar-refractivity contribution in [3.05, 3.63) is 50.9 Å². The lowest BCUT2D eigenvalue weighted by atomic mass is 10.2. The van der Waals surface area contributed by atoms with E-state index >= 15 is 0 Å². The van der Waals surface area contributed by atoms with Gasteiger partial charge < -0.3 is 14.5 Å². The summed E-state index contributed by atoms with van der Waals surface area (Å²) in [5, 5.41) is 4.54. The van der Waals surface area contributed by atoms with Gasteiger partial charge in [-0.05, 0) is 25.1 Å². The van der Waals surface area contributed by atoms with Gasteiger partial charge in [-0.25, -0.2) is 0 Å². The molecule has 0 amide bonds. The lowest BCUT2D eigenvalue weighted by molar-refractivity contribution is 0.268. The normalized spacial score (nSPS) is 10.9. The van der Waals surface area contributed by atoms with E-state index in [0.29, 0.717) is 20.8 Å². The third-order valence-corrected chi connectivity index (χ3v) is 3.93. The van der Waals surface area contributed by atoms with E-state index in [1.165, 1.54) is 0 Å². The Morgan fingerprint density at radius 3 is 2.67 bits per heavy atom. The summed E-state index contributed by atoms with van der Waals surface area (Å²) in [6, 6.07) is 5.09. The van der Waals surface area contributed by atoms with Crippen LogP contribution in [0, 0.1) is 0 Å². The average molecular weight is 349 g/mol. The maximum atomic E-state index is 6.07. The Morgan fingerprint density at radius 1 is 1.14 bits per heavy atom. The van der Waals surface area contributed by atoms with Crippen LogP contribution in [0.5, 0.6) is 5.75 Å². The molecule has 0 unspecified atom stereocenters. The van der Waals surface area contributed by atoms with Gasteiger partial charge in [0.25, 0.3) is 0 Å². The van der Waals surface area contributed by atoms with Crippen molar-refractivity contribution in [2.75, 3.05) is 6.54 Å². The summed E-state index contributed by atoms with van der Waals surface area (Å²) in [6.45, 7) is 4.12. The van der Waals surface area contributed by atoms with E-state index in [9.17, 15) is 0 Å². The van der Waals surface area contributed by atoms with Crippen LogP contribution in [-0.4, -0.2) is 6.54 Å². The van der Waals surface area contributed by atoms with Crippen LogP contribution >= 0.6 is 34.8 Å². The van der Waals surface area contributed by atoms with Crippen LogP contribution in [0.25, 0.3) is 0 Å². The van der Waals surface area contributed by atoms with Crippen LogP contribution in [0.3, 0.4) is 0 Å². The van der Waals surface area contributed by atoms with Gasteiger partial charge in [0.1, 0.15) is 18.1 Å². The zero-order valence-corrected chi connectivity index (χ0v) is 13.9. The summed E-state index contributed by atoms with van der Waals surface area (Å²) in [4.78, 5) is 0.